The minimum absolute atomic E-state index is 0.145. The van der Waals surface area contributed by atoms with Gasteiger partial charge in [-0.05, 0) is 35.7 Å². The molecule has 4 nitrogen and oxygen atoms in total. The fraction of sp³-hybridized carbons (Fsp3) is 0.769. The summed E-state index contributed by atoms with van der Waals surface area (Å²) in [4.78, 5) is 0. The second kappa shape index (κ2) is 5.72. The third kappa shape index (κ3) is 2.78. The van der Waals surface area contributed by atoms with Crippen molar-refractivity contribution in [1.82, 2.24) is 9.78 Å². The summed E-state index contributed by atoms with van der Waals surface area (Å²) in [5, 5.41) is 4.51. The highest BCUT2D eigenvalue weighted by atomic mass is 79.9. The highest BCUT2D eigenvalue weighted by molar-refractivity contribution is 9.10. The van der Waals surface area contributed by atoms with Crippen molar-refractivity contribution in [2.45, 2.75) is 45.3 Å². The molecule has 0 bridgehead atoms. The van der Waals surface area contributed by atoms with Crippen LogP contribution in [0.3, 0.4) is 0 Å². The van der Waals surface area contributed by atoms with E-state index in [-0.39, 0.29) is 6.04 Å². The average Bonchev–Trinajstić information content (AvgIpc) is 2.87. The number of nitrogens with two attached hydrogens (primary N) is 1. The zero-order valence-corrected chi connectivity index (χ0v) is 12.9. The Morgan fingerprint density at radius 1 is 1.61 bits per heavy atom. The van der Waals surface area contributed by atoms with Crippen molar-refractivity contribution < 1.29 is 4.74 Å². The lowest BCUT2D eigenvalue weighted by Crippen LogP contribution is -2.33. The number of halogens is 1. The minimum atomic E-state index is 0.145. The molecule has 3 unspecified atom stereocenters. The van der Waals surface area contributed by atoms with Crippen LogP contribution in [0.4, 0.5) is 0 Å². The van der Waals surface area contributed by atoms with Gasteiger partial charge in [-0.1, -0.05) is 6.92 Å². The molecule has 2 rings (SSSR count). The van der Waals surface area contributed by atoms with Gasteiger partial charge in [0.2, 0.25) is 0 Å². The van der Waals surface area contributed by atoms with Gasteiger partial charge in [0.25, 0.3) is 0 Å². The lowest BCUT2D eigenvalue weighted by molar-refractivity contribution is 0.118. The van der Waals surface area contributed by atoms with Crippen LogP contribution >= 0.6 is 15.9 Å². The standard InChI is InChI=1S/C13H22BrN3O/c1-4-11-13(14)12(17(3)16-11)6-10(15)9-5-8(2)18-7-9/h8-10H,4-7,15H2,1-3H3. The van der Waals surface area contributed by atoms with Crippen molar-refractivity contribution in [3.63, 3.8) is 0 Å². The van der Waals surface area contributed by atoms with Crippen molar-refractivity contribution in [3.8, 4) is 0 Å². The molecule has 1 aromatic heterocycles. The summed E-state index contributed by atoms with van der Waals surface area (Å²) >= 11 is 3.64. The molecule has 0 amide bonds. The largest absolute Gasteiger partial charge is 0.378 e. The molecule has 2 heterocycles. The molecule has 5 heteroatoms. The van der Waals surface area contributed by atoms with Gasteiger partial charge in [0.15, 0.2) is 0 Å². The van der Waals surface area contributed by atoms with E-state index in [4.69, 9.17) is 10.5 Å². The molecule has 0 saturated carbocycles. The molecule has 2 N–H and O–H groups in total. The van der Waals surface area contributed by atoms with E-state index in [2.05, 4.69) is 34.9 Å². The number of aromatic nitrogens is 2. The van der Waals surface area contributed by atoms with Crippen molar-refractivity contribution in [3.05, 3.63) is 15.9 Å². The molecule has 1 aliphatic heterocycles. The maximum atomic E-state index is 6.32. The highest BCUT2D eigenvalue weighted by Crippen LogP contribution is 2.27. The van der Waals surface area contributed by atoms with E-state index in [1.165, 1.54) is 5.69 Å². The summed E-state index contributed by atoms with van der Waals surface area (Å²) in [7, 11) is 1.99. The van der Waals surface area contributed by atoms with E-state index in [0.717, 1.165) is 36.0 Å². The van der Waals surface area contributed by atoms with Gasteiger partial charge in [0.05, 0.1) is 28.6 Å². The quantitative estimate of drug-likeness (QED) is 0.925. The van der Waals surface area contributed by atoms with E-state index < -0.39 is 0 Å². The Hall–Kier alpha value is -0.390. The van der Waals surface area contributed by atoms with Crippen LogP contribution in [-0.4, -0.2) is 28.5 Å². The van der Waals surface area contributed by atoms with Crippen LogP contribution in [0, 0.1) is 5.92 Å². The molecule has 102 valence electrons. The number of aryl methyl sites for hydroxylation is 2. The number of hydrogen-bond donors (Lipinski definition) is 1. The second-order valence-corrected chi connectivity index (χ2v) is 5.99. The summed E-state index contributed by atoms with van der Waals surface area (Å²) < 4.78 is 8.66. The Bertz CT molecular complexity index is 419. The van der Waals surface area contributed by atoms with E-state index in [1.807, 2.05) is 11.7 Å². The van der Waals surface area contributed by atoms with Gasteiger partial charge >= 0.3 is 0 Å². The van der Waals surface area contributed by atoms with Crippen molar-refractivity contribution in [2.24, 2.45) is 18.7 Å². The van der Waals surface area contributed by atoms with Gasteiger partial charge in [-0.2, -0.15) is 5.10 Å². The Labute approximate surface area is 117 Å². The first kappa shape index (κ1) is 14.0. The first-order chi connectivity index (χ1) is 8.52. The number of hydrogen-bond acceptors (Lipinski definition) is 3. The molecular formula is C13H22BrN3O. The lowest BCUT2D eigenvalue weighted by Gasteiger charge is -2.18. The molecule has 1 aromatic rings. The maximum absolute atomic E-state index is 6.32. The van der Waals surface area contributed by atoms with Crippen molar-refractivity contribution >= 4 is 15.9 Å². The first-order valence-electron chi connectivity index (χ1n) is 6.60. The monoisotopic (exact) mass is 315 g/mol. The van der Waals surface area contributed by atoms with Crippen LogP contribution in [0.15, 0.2) is 4.47 Å². The predicted molar refractivity (Wildman–Crippen MR) is 75.5 cm³/mol. The van der Waals surface area contributed by atoms with Crippen LogP contribution in [0.1, 0.15) is 31.7 Å². The van der Waals surface area contributed by atoms with Crippen molar-refractivity contribution in [2.75, 3.05) is 6.61 Å². The Balaban J connectivity index is 2.07. The summed E-state index contributed by atoms with van der Waals surface area (Å²) in [6, 6.07) is 0.145. The van der Waals surface area contributed by atoms with E-state index in [9.17, 15) is 0 Å². The molecule has 1 saturated heterocycles. The van der Waals surface area contributed by atoms with Gasteiger partial charge in [0.1, 0.15) is 0 Å². The molecule has 3 atom stereocenters. The van der Waals surface area contributed by atoms with Crippen LogP contribution in [0.5, 0.6) is 0 Å². The molecule has 0 spiro atoms. The van der Waals surface area contributed by atoms with E-state index >= 15 is 0 Å². The number of rotatable bonds is 4. The van der Waals surface area contributed by atoms with Gasteiger partial charge in [-0.3, -0.25) is 4.68 Å². The van der Waals surface area contributed by atoms with Gasteiger partial charge < -0.3 is 10.5 Å². The summed E-state index contributed by atoms with van der Waals surface area (Å²) in [6.07, 6.45) is 3.21. The van der Waals surface area contributed by atoms with Crippen LogP contribution < -0.4 is 5.73 Å². The third-order valence-corrected chi connectivity index (χ3v) is 4.68. The summed E-state index contributed by atoms with van der Waals surface area (Å²) in [5.41, 5.74) is 8.62. The molecule has 0 radical (unpaired) electrons. The fourth-order valence-electron chi connectivity index (χ4n) is 2.58. The molecule has 0 aromatic carbocycles. The number of ether oxygens (including phenoxy) is 1. The molecular weight excluding hydrogens is 294 g/mol. The predicted octanol–water partition coefficient (Wildman–Crippen LogP) is 2.04. The minimum Gasteiger partial charge on any atom is -0.378 e. The maximum Gasteiger partial charge on any atom is 0.0766 e. The van der Waals surface area contributed by atoms with Crippen LogP contribution in [-0.2, 0) is 24.6 Å². The number of nitrogens with zero attached hydrogens (tertiary/aromatic N) is 2. The zero-order chi connectivity index (χ0) is 13.3. The zero-order valence-electron chi connectivity index (χ0n) is 11.3. The Morgan fingerprint density at radius 2 is 2.33 bits per heavy atom. The third-order valence-electron chi connectivity index (χ3n) is 3.77. The van der Waals surface area contributed by atoms with Crippen LogP contribution in [0.25, 0.3) is 0 Å². The van der Waals surface area contributed by atoms with E-state index in [1.54, 1.807) is 0 Å². The SMILES string of the molecule is CCc1nn(C)c(CC(N)C2COC(C)C2)c1Br. The normalized spacial score (nSPS) is 25.6. The van der Waals surface area contributed by atoms with Gasteiger partial charge in [-0.15, -0.1) is 0 Å². The highest BCUT2D eigenvalue weighted by Gasteiger charge is 2.28. The van der Waals surface area contributed by atoms with Gasteiger partial charge in [-0.25, -0.2) is 0 Å². The van der Waals surface area contributed by atoms with Crippen molar-refractivity contribution in [1.29, 1.82) is 0 Å². The fourth-order valence-corrected chi connectivity index (χ4v) is 3.36. The molecule has 1 fully saturated rings. The first-order valence-corrected chi connectivity index (χ1v) is 7.39. The van der Waals surface area contributed by atoms with Crippen LogP contribution in [0.2, 0.25) is 0 Å². The Kier molecular flexibility index (Phi) is 4.45. The van der Waals surface area contributed by atoms with Gasteiger partial charge in [0, 0.05) is 25.4 Å². The smallest absolute Gasteiger partial charge is 0.0766 e. The summed E-state index contributed by atoms with van der Waals surface area (Å²) in [5.74, 6) is 0.465. The summed E-state index contributed by atoms with van der Waals surface area (Å²) in [6.45, 7) is 5.02. The average molecular weight is 316 g/mol. The molecule has 1 aliphatic rings. The molecule has 18 heavy (non-hydrogen) atoms. The second-order valence-electron chi connectivity index (χ2n) is 5.19. The lowest BCUT2D eigenvalue weighted by atomic mass is 9.94. The molecule has 0 aliphatic carbocycles. The van der Waals surface area contributed by atoms with E-state index in [0.29, 0.717) is 12.0 Å². The topological polar surface area (TPSA) is 53.1 Å². The Morgan fingerprint density at radius 3 is 2.83 bits per heavy atom.